The maximum atomic E-state index is 13.6. The molecule has 242 valence electrons. The zero-order chi connectivity index (χ0) is 33.7. The summed E-state index contributed by atoms with van der Waals surface area (Å²) in [6.45, 7) is 2.40. The molecule has 0 aliphatic heterocycles. The third-order valence-corrected chi connectivity index (χ3v) is 9.19. The first-order valence-corrected chi connectivity index (χ1v) is 17.3. The second kappa shape index (κ2) is 17.3. The minimum atomic E-state index is -0.491. The van der Waals surface area contributed by atoms with Gasteiger partial charge in [-0.05, 0) is 113 Å². The van der Waals surface area contributed by atoms with Gasteiger partial charge in [-0.1, -0.05) is 73.7 Å². The van der Waals surface area contributed by atoms with Gasteiger partial charge in [-0.2, -0.15) is 0 Å². The second-order valence-corrected chi connectivity index (χ2v) is 13.2. The number of anilines is 2. The number of carbonyl (C=O) groups excluding carboxylic acids is 3. The number of halogens is 1. The van der Waals surface area contributed by atoms with Crippen LogP contribution in [0, 0.1) is 3.57 Å². The first-order valence-electron chi connectivity index (χ1n) is 15.4. The van der Waals surface area contributed by atoms with E-state index in [0.29, 0.717) is 35.6 Å². The second-order valence-electron chi connectivity index (χ2n) is 10.7. The standard InChI is InChI=1S/C39H34IN3O4S/c1-2-36(39(46)41-31-20-18-30(40)19-21-31)48-34-15-9-14-32(25-34)42-38(45)35(43-37(44)29-12-7-4-8-13-29)24-27-16-22-33(23-17-27)47-26-28-10-5-3-6-11-28/h3-25,36H,2,26H2,1H3,(H,41,46)(H,42,45)(H,43,44)/b35-24-. The highest BCUT2D eigenvalue weighted by Crippen LogP contribution is 2.29. The highest BCUT2D eigenvalue weighted by atomic mass is 127. The predicted molar refractivity (Wildman–Crippen MR) is 202 cm³/mol. The maximum Gasteiger partial charge on any atom is 0.272 e. The van der Waals surface area contributed by atoms with Gasteiger partial charge in [0.2, 0.25) is 5.91 Å². The van der Waals surface area contributed by atoms with Crippen molar-refractivity contribution in [3.63, 3.8) is 0 Å². The Bertz CT molecular complexity index is 1870. The molecule has 5 aromatic carbocycles. The quantitative estimate of drug-likeness (QED) is 0.0633. The fraction of sp³-hybridized carbons (Fsp3) is 0.103. The van der Waals surface area contributed by atoms with Crippen LogP contribution in [0.4, 0.5) is 11.4 Å². The molecule has 0 fully saturated rings. The van der Waals surface area contributed by atoms with Crippen LogP contribution in [0.25, 0.3) is 6.08 Å². The Morgan fingerprint density at radius 1 is 0.771 bits per heavy atom. The molecular formula is C39H34IN3O4S. The molecule has 5 rings (SSSR count). The zero-order valence-corrected chi connectivity index (χ0v) is 29.2. The molecule has 9 heteroatoms. The lowest BCUT2D eigenvalue weighted by atomic mass is 10.1. The van der Waals surface area contributed by atoms with E-state index in [-0.39, 0.29) is 16.9 Å². The molecule has 5 aromatic rings. The predicted octanol–water partition coefficient (Wildman–Crippen LogP) is 8.79. The van der Waals surface area contributed by atoms with Crippen molar-refractivity contribution in [3.05, 3.63) is 159 Å². The van der Waals surface area contributed by atoms with Crippen molar-refractivity contribution >= 4 is 69.5 Å². The number of hydrogen-bond acceptors (Lipinski definition) is 5. The third-order valence-electron chi connectivity index (χ3n) is 7.11. The minimum Gasteiger partial charge on any atom is -0.489 e. The van der Waals surface area contributed by atoms with Crippen LogP contribution >= 0.6 is 34.4 Å². The van der Waals surface area contributed by atoms with Crippen molar-refractivity contribution in [3.8, 4) is 5.75 Å². The minimum absolute atomic E-state index is 0.0724. The fourth-order valence-corrected chi connectivity index (χ4v) is 5.97. The van der Waals surface area contributed by atoms with Gasteiger partial charge in [-0.3, -0.25) is 14.4 Å². The average molecular weight is 768 g/mol. The summed E-state index contributed by atoms with van der Waals surface area (Å²) in [7, 11) is 0. The van der Waals surface area contributed by atoms with Crippen LogP contribution in [0.2, 0.25) is 0 Å². The molecule has 0 aliphatic rings. The molecular weight excluding hydrogens is 733 g/mol. The molecule has 0 aromatic heterocycles. The van der Waals surface area contributed by atoms with Gasteiger partial charge in [-0.15, -0.1) is 11.8 Å². The lowest BCUT2D eigenvalue weighted by Gasteiger charge is -2.16. The van der Waals surface area contributed by atoms with E-state index in [1.807, 2.05) is 110 Å². The summed E-state index contributed by atoms with van der Waals surface area (Å²) < 4.78 is 6.99. The molecule has 3 amide bonds. The van der Waals surface area contributed by atoms with E-state index in [2.05, 4.69) is 38.5 Å². The summed E-state index contributed by atoms with van der Waals surface area (Å²) in [4.78, 5) is 40.6. The van der Waals surface area contributed by atoms with Crippen molar-refractivity contribution in [2.45, 2.75) is 30.1 Å². The van der Waals surface area contributed by atoms with Crippen molar-refractivity contribution < 1.29 is 19.1 Å². The van der Waals surface area contributed by atoms with Gasteiger partial charge in [0.1, 0.15) is 18.1 Å². The summed E-state index contributed by atoms with van der Waals surface area (Å²) in [5, 5.41) is 8.34. The van der Waals surface area contributed by atoms with Gasteiger partial charge < -0.3 is 20.7 Å². The number of hydrogen-bond donors (Lipinski definition) is 3. The molecule has 7 nitrogen and oxygen atoms in total. The first kappa shape index (κ1) is 34.5. The van der Waals surface area contributed by atoms with Crippen molar-refractivity contribution in [2.24, 2.45) is 0 Å². The van der Waals surface area contributed by atoms with Crippen LogP contribution in [0.3, 0.4) is 0 Å². The van der Waals surface area contributed by atoms with Crippen molar-refractivity contribution in [1.82, 2.24) is 5.32 Å². The normalized spacial score (nSPS) is 11.7. The SMILES string of the molecule is CCC(Sc1cccc(NC(=O)/C(=C/c2ccc(OCc3ccccc3)cc2)NC(=O)c2ccccc2)c1)C(=O)Nc1ccc(I)cc1. The van der Waals surface area contributed by atoms with E-state index in [4.69, 9.17) is 4.74 Å². The van der Waals surface area contributed by atoms with Crippen LogP contribution in [-0.2, 0) is 16.2 Å². The molecule has 0 spiro atoms. The van der Waals surface area contributed by atoms with Gasteiger partial charge in [0, 0.05) is 25.4 Å². The van der Waals surface area contributed by atoms with Crippen molar-refractivity contribution in [1.29, 1.82) is 0 Å². The van der Waals surface area contributed by atoms with Gasteiger partial charge in [0.15, 0.2) is 0 Å². The Morgan fingerprint density at radius 2 is 1.46 bits per heavy atom. The third kappa shape index (κ3) is 10.3. The number of carbonyl (C=O) groups is 3. The molecule has 0 aliphatic carbocycles. The van der Waals surface area contributed by atoms with Crippen LogP contribution < -0.4 is 20.7 Å². The highest BCUT2D eigenvalue weighted by molar-refractivity contribution is 14.1. The summed E-state index contributed by atoms with van der Waals surface area (Å²) in [6, 6.07) is 40.8. The highest BCUT2D eigenvalue weighted by Gasteiger charge is 2.19. The number of benzene rings is 5. The van der Waals surface area contributed by atoms with Crippen LogP contribution in [0.1, 0.15) is 34.8 Å². The summed E-state index contributed by atoms with van der Waals surface area (Å²) in [5.41, 5.74) is 3.53. The van der Waals surface area contributed by atoms with Crippen LogP contribution in [0.15, 0.2) is 144 Å². The molecule has 0 heterocycles. The molecule has 0 saturated carbocycles. The van der Waals surface area contributed by atoms with E-state index in [9.17, 15) is 14.4 Å². The molecule has 0 saturated heterocycles. The van der Waals surface area contributed by atoms with Crippen molar-refractivity contribution in [2.75, 3.05) is 10.6 Å². The maximum absolute atomic E-state index is 13.6. The van der Waals surface area contributed by atoms with Crippen LogP contribution in [0.5, 0.6) is 5.75 Å². The Balaban J connectivity index is 1.29. The first-order chi connectivity index (χ1) is 23.4. The zero-order valence-electron chi connectivity index (χ0n) is 26.2. The van der Waals surface area contributed by atoms with Gasteiger partial charge in [-0.25, -0.2) is 0 Å². The van der Waals surface area contributed by atoms with Crippen LogP contribution in [-0.4, -0.2) is 23.0 Å². The number of rotatable bonds is 13. The molecule has 1 atom stereocenters. The summed E-state index contributed by atoms with van der Waals surface area (Å²) in [5.74, 6) is -0.311. The Kier molecular flexibility index (Phi) is 12.4. The number of amides is 3. The van der Waals surface area contributed by atoms with Gasteiger partial charge in [0.05, 0.1) is 5.25 Å². The number of nitrogens with one attached hydrogen (secondary N) is 3. The Hall–Kier alpha value is -4.87. The van der Waals surface area contributed by atoms with Gasteiger partial charge in [0.25, 0.3) is 11.8 Å². The van der Waals surface area contributed by atoms with E-state index < -0.39 is 11.8 Å². The molecule has 0 radical (unpaired) electrons. The largest absolute Gasteiger partial charge is 0.489 e. The van der Waals surface area contributed by atoms with E-state index >= 15 is 0 Å². The number of thioether (sulfide) groups is 1. The Morgan fingerprint density at radius 3 is 2.15 bits per heavy atom. The molecule has 1 unspecified atom stereocenters. The molecule has 3 N–H and O–H groups in total. The summed E-state index contributed by atoms with van der Waals surface area (Å²) in [6.07, 6.45) is 2.24. The fourth-order valence-electron chi connectivity index (χ4n) is 4.60. The monoisotopic (exact) mass is 767 g/mol. The van der Waals surface area contributed by atoms with E-state index in [0.717, 1.165) is 19.7 Å². The average Bonchev–Trinajstić information content (AvgIpc) is 3.12. The smallest absolute Gasteiger partial charge is 0.272 e. The van der Waals surface area contributed by atoms with Gasteiger partial charge >= 0.3 is 0 Å². The molecule has 48 heavy (non-hydrogen) atoms. The van der Waals surface area contributed by atoms with E-state index in [1.165, 1.54) is 11.8 Å². The van der Waals surface area contributed by atoms with E-state index in [1.54, 1.807) is 36.4 Å². The molecule has 0 bridgehead atoms. The topological polar surface area (TPSA) is 96.5 Å². The number of ether oxygens (including phenoxy) is 1. The lowest BCUT2D eigenvalue weighted by molar-refractivity contribution is -0.116. The Labute approximate surface area is 298 Å². The lowest BCUT2D eigenvalue weighted by Crippen LogP contribution is -2.30. The summed E-state index contributed by atoms with van der Waals surface area (Å²) >= 11 is 3.65.